The maximum absolute atomic E-state index is 12.9. The summed E-state index contributed by atoms with van der Waals surface area (Å²) in [5, 5.41) is 19.3. The molecule has 1 aliphatic heterocycles. The third-order valence-electron chi connectivity index (χ3n) is 5.61. The number of carbonyl (C=O) groups is 1. The lowest BCUT2D eigenvalue weighted by molar-refractivity contribution is 0.125. The van der Waals surface area contributed by atoms with Gasteiger partial charge in [-0.2, -0.15) is 10.2 Å². The largest absolute Gasteiger partial charge is 0.465 e. The Hall–Kier alpha value is -3.62. The monoisotopic (exact) mass is 392 g/mol. The Labute approximate surface area is 165 Å². The fraction of sp³-hybridized carbons (Fsp3) is 0.300. The third-order valence-corrected chi connectivity index (χ3v) is 5.61. The van der Waals surface area contributed by atoms with Crippen LogP contribution in [0.1, 0.15) is 18.9 Å². The summed E-state index contributed by atoms with van der Waals surface area (Å²) in [6.45, 7) is 0.819. The van der Waals surface area contributed by atoms with Gasteiger partial charge in [-0.15, -0.1) is 0 Å². The first-order valence-electron chi connectivity index (χ1n) is 9.53. The molecule has 0 unspecified atom stereocenters. The van der Waals surface area contributed by atoms with E-state index in [0.29, 0.717) is 25.9 Å². The number of rotatable bonds is 2. The van der Waals surface area contributed by atoms with Crippen molar-refractivity contribution < 1.29 is 9.90 Å². The van der Waals surface area contributed by atoms with E-state index in [1.807, 2.05) is 37.5 Å². The number of nitrogens with zero attached hydrogens (tertiary/aromatic N) is 6. The zero-order valence-corrected chi connectivity index (χ0v) is 15.9. The van der Waals surface area contributed by atoms with Crippen molar-refractivity contribution in [1.29, 1.82) is 0 Å². The molecule has 148 valence electrons. The van der Waals surface area contributed by atoms with Gasteiger partial charge in [0, 0.05) is 50.2 Å². The highest BCUT2D eigenvalue weighted by atomic mass is 16.4. The number of amides is 1. The van der Waals surface area contributed by atoms with Crippen molar-refractivity contribution in [3.63, 3.8) is 0 Å². The minimum atomic E-state index is -0.916. The first-order chi connectivity index (χ1) is 14.0. The SMILES string of the molecule is Cn1ccc(-c2cccc3nn4ccc(=O)n(C5CCN(C(=O)O)CC5)c4c23)n1. The van der Waals surface area contributed by atoms with Crippen LogP contribution in [0.2, 0.25) is 0 Å². The van der Waals surface area contributed by atoms with Crippen LogP contribution in [-0.4, -0.2) is 53.2 Å². The Morgan fingerprint density at radius 2 is 1.90 bits per heavy atom. The van der Waals surface area contributed by atoms with Gasteiger partial charge in [0.05, 0.1) is 16.6 Å². The quantitative estimate of drug-likeness (QED) is 0.565. The molecule has 1 aliphatic rings. The lowest BCUT2D eigenvalue weighted by atomic mass is 10.0. The zero-order valence-electron chi connectivity index (χ0n) is 15.9. The molecule has 1 aromatic carbocycles. The van der Waals surface area contributed by atoms with Gasteiger partial charge in [-0.3, -0.25) is 14.0 Å². The van der Waals surface area contributed by atoms with Gasteiger partial charge in [0.15, 0.2) is 0 Å². The molecule has 5 rings (SSSR count). The molecule has 4 aromatic rings. The van der Waals surface area contributed by atoms with Crippen LogP contribution < -0.4 is 5.56 Å². The van der Waals surface area contributed by atoms with Crippen molar-refractivity contribution in [3.05, 3.63) is 53.1 Å². The minimum Gasteiger partial charge on any atom is -0.465 e. The second-order valence-corrected chi connectivity index (χ2v) is 7.37. The summed E-state index contributed by atoms with van der Waals surface area (Å²) in [7, 11) is 1.87. The second kappa shape index (κ2) is 6.47. The predicted octanol–water partition coefficient (Wildman–Crippen LogP) is 2.36. The lowest BCUT2D eigenvalue weighted by Gasteiger charge is -2.31. The average molecular weight is 392 g/mol. The van der Waals surface area contributed by atoms with Gasteiger partial charge in [-0.25, -0.2) is 9.31 Å². The summed E-state index contributed by atoms with van der Waals surface area (Å²) in [6.07, 6.45) is 3.83. The van der Waals surface area contributed by atoms with Crippen LogP contribution in [0.25, 0.3) is 27.8 Å². The number of benzene rings is 1. The van der Waals surface area contributed by atoms with Crippen LogP contribution in [0, 0.1) is 0 Å². The smallest absolute Gasteiger partial charge is 0.407 e. The molecule has 0 aliphatic carbocycles. The van der Waals surface area contributed by atoms with E-state index in [1.54, 1.807) is 20.0 Å². The van der Waals surface area contributed by atoms with Crippen molar-refractivity contribution in [2.24, 2.45) is 7.05 Å². The van der Waals surface area contributed by atoms with Crippen LogP contribution >= 0.6 is 0 Å². The molecular formula is C20H20N6O3. The second-order valence-electron chi connectivity index (χ2n) is 7.37. The van der Waals surface area contributed by atoms with Gasteiger partial charge in [0.25, 0.3) is 5.56 Å². The number of hydrogen-bond acceptors (Lipinski definition) is 4. The predicted molar refractivity (Wildman–Crippen MR) is 107 cm³/mol. The number of carboxylic acid groups (broad SMARTS) is 1. The van der Waals surface area contributed by atoms with Crippen LogP contribution in [-0.2, 0) is 7.05 Å². The van der Waals surface area contributed by atoms with Gasteiger partial charge in [0.2, 0.25) is 0 Å². The fourth-order valence-corrected chi connectivity index (χ4v) is 4.23. The lowest BCUT2D eigenvalue weighted by Crippen LogP contribution is -2.40. The molecule has 0 atom stereocenters. The summed E-state index contributed by atoms with van der Waals surface area (Å²) in [4.78, 5) is 25.6. The maximum Gasteiger partial charge on any atom is 0.407 e. The summed E-state index contributed by atoms with van der Waals surface area (Å²) in [6, 6.07) is 9.22. The third kappa shape index (κ3) is 2.77. The molecule has 1 fully saturated rings. The number of fused-ring (bicyclic) bond motifs is 3. The van der Waals surface area contributed by atoms with Crippen LogP contribution in [0.3, 0.4) is 0 Å². The fourth-order valence-electron chi connectivity index (χ4n) is 4.23. The van der Waals surface area contributed by atoms with Crippen molar-refractivity contribution in [1.82, 2.24) is 28.9 Å². The van der Waals surface area contributed by atoms with Gasteiger partial charge < -0.3 is 10.0 Å². The van der Waals surface area contributed by atoms with Gasteiger partial charge in [0.1, 0.15) is 5.65 Å². The molecule has 29 heavy (non-hydrogen) atoms. The minimum absolute atomic E-state index is 0.0847. The molecule has 1 amide bonds. The van der Waals surface area contributed by atoms with E-state index in [1.165, 1.54) is 11.0 Å². The molecule has 1 N–H and O–H groups in total. The van der Waals surface area contributed by atoms with E-state index < -0.39 is 6.09 Å². The maximum atomic E-state index is 12.9. The Morgan fingerprint density at radius 1 is 1.10 bits per heavy atom. The highest BCUT2D eigenvalue weighted by Crippen LogP contribution is 2.32. The Morgan fingerprint density at radius 3 is 2.59 bits per heavy atom. The molecule has 0 spiro atoms. The van der Waals surface area contributed by atoms with E-state index in [4.69, 9.17) is 0 Å². The first kappa shape index (κ1) is 17.5. The van der Waals surface area contributed by atoms with Crippen LogP contribution in [0.15, 0.2) is 47.5 Å². The Kier molecular flexibility index (Phi) is 3.90. The summed E-state index contributed by atoms with van der Waals surface area (Å²) >= 11 is 0. The molecule has 0 radical (unpaired) electrons. The number of aromatic nitrogens is 5. The van der Waals surface area contributed by atoms with Crippen LogP contribution in [0.4, 0.5) is 4.79 Å². The highest BCUT2D eigenvalue weighted by molar-refractivity contribution is 6.03. The van der Waals surface area contributed by atoms with Crippen molar-refractivity contribution in [2.45, 2.75) is 18.9 Å². The first-order valence-corrected chi connectivity index (χ1v) is 9.53. The number of hydrogen-bond donors (Lipinski definition) is 1. The molecule has 0 bridgehead atoms. The van der Waals surface area contributed by atoms with E-state index >= 15 is 0 Å². The zero-order chi connectivity index (χ0) is 20.1. The Bertz CT molecular complexity index is 1290. The van der Waals surface area contributed by atoms with Crippen molar-refractivity contribution in [3.8, 4) is 11.3 Å². The van der Waals surface area contributed by atoms with Crippen LogP contribution in [0.5, 0.6) is 0 Å². The van der Waals surface area contributed by atoms with E-state index in [2.05, 4.69) is 10.2 Å². The summed E-state index contributed by atoms with van der Waals surface area (Å²) in [5.74, 6) is 0. The molecule has 9 nitrogen and oxygen atoms in total. The van der Waals surface area contributed by atoms with E-state index in [0.717, 1.165) is 27.8 Å². The Balaban J connectivity index is 1.73. The summed E-state index contributed by atoms with van der Waals surface area (Å²) < 4.78 is 5.26. The number of likely N-dealkylation sites (tertiary alicyclic amines) is 1. The van der Waals surface area contributed by atoms with Crippen molar-refractivity contribution >= 4 is 22.6 Å². The molecule has 3 aromatic heterocycles. The number of aryl methyl sites for hydroxylation is 1. The van der Waals surface area contributed by atoms with Gasteiger partial charge in [-0.1, -0.05) is 12.1 Å². The molecule has 4 heterocycles. The van der Waals surface area contributed by atoms with Gasteiger partial charge in [-0.05, 0) is 25.0 Å². The van der Waals surface area contributed by atoms with Crippen molar-refractivity contribution in [2.75, 3.05) is 13.1 Å². The standard InChI is InChI=1S/C20H20N6O3/c1-23-9-7-15(21-23)14-3-2-4-16-18(14)19-25(22-16)12-8-17(27)26(19)13-5-10-24(11-6-13)20(28)29/h2-4,7-9,12-13H,5-6,10-11H2,1H3,(H,28,29). The van der Waals surface area contributed by atoms with Gasteiger partial charge >= 0.3 is 6.09 Å². The normalized spacial score (nSPS) is 15.4. The summed E-state index contributed by atoms with van der Waals surface area (Å²) in [5.41, 5.74) is 3.14. The average Bonchev–Trinajstić information content (AvgIpc) is 3.31. The molecular weight excluding hydrogens is 372 g/mol. The molecule has 1 saturated heterocycles. The molecule has 9 heteroatoms. The number of piperidine rings is 1. The van der Waals surface area contributed by atoms with E-state index in [-0.39, 0.29) is 11.6 Å². The highest BCUT2D eigenvalue weighted by Gasteiger charge is 2.27. The molecule has 0 saturated carbocycles. The topological polar surface area (TPSA) is 97.7 Å². The van der Waals surface area contributed by atoms with E-state index in [9.17, 15) is 14.7 Å².